The van der Waals surface area contributed by atoms with E-state index >= 15 is 0 Å². The summed E-state index contributed by atoms with van der Waals surface area (Å²) in [4.78, 5) is 23.7. The van der Waals surface area contributed by atoms with Gasteiger partial charge in [0.15, 0.2) is 0 Å². The van der Waals surface area contributed by atoms with E-state index in [1.807, 2.05) is 30.3 Å². The SMILES string of the molecule is O=C(Nc1scc(-c2ccc(Cl)cc2)c1C(=O)O)OCc1ccccc1. The second kappa shape index (κ2) is 8.03. The van der Waals surface area contributed by atoms with E-state index < -0.39 is 12.1 Å². The number of carboxylic acid groups (broad SMARTS) is 1. The molecule has 0 aliphatic rings. The molecule has 0 fully saturated rings. The van der Waals surface area contributed by atoms with Crippen LogP contribution in [0.25, 0.3) is 11.1 Å². The summed E-state index contributed by atoms with van der Waals surface area (Å²) < 4.78 is 5.14. The molecule has 3 aromatic rings. The Bertz CT molecular complexity index is 922. The van der Waals surface area contributed by atoms with Gasteiger partial charge >= 0.3 is 12.1 Å². The Labute approximate surface area is 158 Å². The van der Waals surface area contributed by atoms with Crippen molar-refractivity contribution in [2.24, 2.45) is 0 Å². The standard InChI is InChI=1S/C19H14ClNO4S/c20-14-8-6-13(7-9-14)15-11-26-17(16(15)18(22)23)21-19(24)25-10-12-4-2-1-3-5-12/h1-9,11H,10H2,(H,21,24)(H,22,23). The molecule has 0 bridgehead atoms. The van der Waals surface area contributed by atoms with Crippen molar-refractivity contribution in [2.45, 2.75) is 6.61 Å². The van der Waals surface area contributed by atoms with Gasteiger partial charge in [0, 0.05) is 16.0 Å². The first-order chi connectivity index (χ1) is 12.5. The topological polar surface area (TPSA) is 75.6 Å². The van der Waals surface area contributed by atoms with Crippen LogP contribution in [0.1, 0.15) is 15.9 Å². The minimum atomic E-state index is -1.13. The lowest BCUT2D eigenvalue weighted by molar-refractivity contribution is 0.0699. The molecule has 0 unspecified atom stereocenters. The Morgan fingerprint density at radius 2 is 1.77 bits per heavy atom. The van der Waals surface area contributed by atoms with Crippen LogP contribution in [-0.2, 0) is 11.3 Å². The summed E-state index contributed by atoms with van der Waals surface area (Å²) in [5, 5.41) is 14.5. The number of aromatic carboxylic acids is 1. The van der Waals surface area contributed by atoms with Crippen molar-refractivity contribution >= 4 is 40.0 Å². The molecule has 0 aliphatic carbocycles. The van der Waals surface area contributed by atoms with Crippen molar-refractivity contribution < 1.29 is 19.4 Å². The molecule has 3 rings (SSSR count). The second-order valence-electron chi connectivity index (χ2n) is 5.35. The summed E-state index contributed by atoms with van der Waals surface area (Å²) in [6.45, 7) is 0.102. The highest BCUT2D eigenvalue weighted by molar-refractivity contribution is 7.15. The number of rotatable bonds is 5. The third-order valence-corrected chi connectivity index (χ3v) is 4.74. The molecule has 0 saturated carbocycles. The molecule has 1 heterocycles. The monoisotopic (exact) mass is 387 g/mol. The van der Waals surface area contributed by atoms with Gasteiger partial charge in [0.1, 0.15) is 17.2 Å². The first kappa shape index (κ1) is 18.0. The molecule has 0 atom stereocenters. The highest BCUT2D eigenvalue weighted by atomic mass is 35.5. The maximum Gasteiger partial charge on any atom is 0.412 e. The lowest BCUT2D eigenvalue weighted by Crippen LogP contribution is -2.14. The van der Waals surface area contributed by atoms with Gasteiger partial charge in [-0.15, -0.1) is 11.3 Å². The maximum atomic E-state index is 12.0. The van der Waals surface area contributed by atoms with E-state index in [4.69, 9.17) is 16.3 Å². The van der Waals surface area contributed by atoms with Crippen LogP contribution in [0.5, 0.6) is 0 Å². The van der Waals surface area contributed by atoms with Crippen molar-refractivity contribution in [1.82, 2.24) is 0 Å². The summed E-state index contributed by atoms with van der Waals surface area (Å²) in [5.41, 5.74) is 2.08. The van der Waals surface area contributed by atoms with E-state index in [0.717, 1.165) is 16.9 Å². The highest BCUT2D eigenvalue weighted by Gasteiger charge is 2.21. The van der Waals surface area contributed by atoms with Crippen LogP contribution in [0.2, 0.25) is 5.02 Å². The van der Waals surface area contributed by atoms with Crippen molar-refractivity contribution in [3.05, 3.63) is 76.1 Å². The lowest BCUT2D eigenvalue weighted by atomic mass is 10.0. The first-order valence-electron chi connectivity index (χ1n) is 7.63. The molecule has 0 aliphatic heterocycles. The third-order valence-electron chi connectivity index (χ3n) is 3.59. The van der Waals surface area contributed by atoms with Gasteiger partial charge in [-0.05, 0) is 23.3 Å². The van der Waals surface area contributed by atoms with Crippen LogP contribution < -0.4 is 5.32 Å². The minimum absolute atomic E-state index is 0.0222. The van der Waals surface area contributed by atoms with Crippen molar-refractivity contribution in [1.29, 1.82) is 0 Å². The van der Waals surface area contributed by atoms with Crippen LogP contribution in [0.4, 0.5) is 9.80 Å². The molecule has 1 amide bonds. The lowest BCUT2D eigenvalue weighted by Gasteiger charge is -2.07. The molecular formula is C19H14ClNO4S. The van der Waals surface area contributed by atoms with Gasteiger partial charge in [-0.3, -0.25) is 5.32 Å². The molecule has 132 valence electrons. The molecule has 2 aromatic carbocycles. The molecule has 2 N–H and O–H groups in total. The molecule has 0 spiro atoms. The van der Waals surface area contributed by atoms with E-state index in [1.54, 1.807) is 29.6 Å². The van der Waals surface area contributed by atoms with Gasteiger partial charge in [0.25, 0.3) is 0 Å². The van der Waals surface area contributed by atoms with Gasteiger partial charge in [-0.1, -0.05) is 54.1 Å². The number of carboxylic acids is 1. The Morgan fingerprint density at radius 3 is 2.42 bits per heavy atom. The van der Waals surface area contributed by atoms with Crippen LogP contribution in [0.15, 0.2) is 60.0 Å². The number of hydrogen-bond donors (Lipinski definition) is 2. The van der Waals surface area contributed by atoms with Gasteiger partial charge < -0.3 is 9.84 Å². The van der Waals surface area contributed by atoms with Crippen molar-refractivity contribution in [3.8, 4) is 11.1 Å². The number of carbonyl (C=O) groups excluding carboxylic acids is 1. The molecule has 26 heavy (non-hydrogen) atoms. The fraction of sp³-hybridized carbons (Fsp3) is 0.0526. The number of thiophene rings is 1. The minimum Gasteiger partial charge on any atom is -0.478 e. The molecule has 0 radical (unpaired) electrons. The largest absolute Gasteiger partial charge is 0.478 e. The fourth-order valence-electron chi connectivity index (χ4n) is 2.36. The van der Waals surface area contributed by atoms with Crippen LogP contribution >= 0.6 is 22.9 Å². The Balaban J connectivity index is 1.76. The van der Waals surface area contributed by atoms with Gasteiger partial charge in [0.2, 0.25) is 0 Å². The van der Waals surface area contributed by atoms with E-state index in [2.05, 4.69) is 5.32 Å². The Morgan fingerprint density at radius 1 is 1.08 bits per heavy atom. The molecule has 0 saturated heterocycles. The van der Waals surface area contributed by atoms with Crippen LogP contribution in [-0.4, -0.2) is 17.2 Å². The summed E-state index contributed by atoms with van der Waals surface area (Å²) in [5.74, 6) is -1.13. The quantitative estimate of drug-likeness (QED) is 0.604. The second-order valence-corrected chi connectivity index (χ2v) is 6.67. The third kappa shape index (κ3) is 4.22. The fourth-order valence-corrected chi connectivity index (χ4v) is 3.43. The first-order valence-corrected chi connectivity index (χ1v) is 8.89. The smallest absolute Gasteiger partial charge is 0.412 e. The number of carbonyl (C=O) groups is 2. The summed E-state index contributed by atoms with van der Waals surface area (Å²) in [7, 11) is 0. The van der Waals surface area contributed by atoms with Crippen molar-refractivity contribution in [2.75, 3.05) is 5.32 Å². The van der Waals surface area contributed by atoms with E-state index in [-0.39, 0.29) is 17.2 Å². The summed E-state index contributed by atoms with van der Waals surface area (Å²) in [6, 6.07) is 16.0. The van der Waals surface area contributed by atoms with Gasteiger partial charge in [0.05, 0.1) is 0 Å². The zero-order valence-electron chi connectivity index (χ0n) is 13.4. The molecule has 7 heteroatoms. The van der Waals surface area contributed by atoms with E-state index in [9.17, 15) is 14.7 Å². The van der Waals surface area contributed by atoms with Crippen molar-refractivity contribution in [3.63, 3.8) is 0 Å². The molecule has 1 aromatic heterocycles. The zero-order chi connectivity index (χ0) is 18.5. The number of amides is 1. The highest BCUT2D eigenvalue weighted by Crippen LogP contribution is 2.36. The molecular weight excluding hydrogens is 374 g/mol. The van der Waals surface area contributed by atoms with E-state index in [1.165, 1.54) is 0 Å². The number of halogens is 1. The number of anilines is 1. The normalized spacial score (nSPS) is 10.3. The van der Waals surface area contributed by atoms with Gasteiger partial charge in [-0.25, -0.2) is 9.59 Å². The predicted octanol–water partition coefficient (Wildman–Crippen LogP) is 5.52. The van der Waals surface area contributed by atoms with Crippen LogP contribution in [0, 0.1) is 0 Å². The average Bonchev–Trinajstić information content (AvgIpc) is 3.05. The average molecular weight is 388 g/mol. The number of ether oxygens (including phenoxy) is 1. The summed E-state index contributed by atoms with van der Waals surface area (Å²) in [6.07, 6.45) is -0.708. The van der Waals surface area contributed by atoms with Gasteiger partial charge in [-0.2, -0.15) is 0 Å². The molecule has 5 nitrogen and oxygen atoms in total. The number of hydrogen-bond acceptors (Lipinski definition) is 4. The maximum absolute atomic E-state index is 12.0. The zero-order valence-corrected chi connectivity index (χ0v) is 15.0. The Kier molecular flexibility index (Phi) is 5.55. The summed E-state index contributed by atoms with van der Waals surface area (Å²) >= 11 is 7.00. The number of benzene rings is 2. The van der Waals surface area contributed by atoms with E-state index in [0.29, 0.717) is 16.1 Å². The predicted molar refractivity (Wildman–Crippen MR) is 102 cm³/mol. The Hall–Kier alpha value is -2.83. The number of nitrogens with one attached hydrogen (secondary N) is 1. The van der Waals surface area contributed by atoms with Crippen LogP contribution in [0.3, 0.4) is 0 Å².